The summed E-state index contributed by atoms with van der Waals surface area (Å²) in [5, 5.41) is 0. The van der Waals surface area contributed by atoms with Gasteiger partial charge in [-0.15, -0.1) is 0 Å². The zero-order valence-corrected chi connectivity index (χ0v) is 15.9. The number of thiocarbonyl (C=S) groups is 1. The van der Waals surface area contributed by atoms with Gasteiger partial charge < -0.3 is 0 Å². The van der Waals surface area contributed by atoms with E-state index < -0.39 is 19.8 Å². The molecule has 1 saturated carbocycles. The third-order valence-corrected chi connectivity index (χ3v) is 11.3. The van der Waals surface area contributed by atoms with E-state index in [9.17, 15) is 0 Å². The summed E-state index contributed by atoms with van der Waals surface area (Å²) in [5.41, 5.74) is 6.54. The quantitative estimate of drug-likeness (QED) is 0.235. The van der Waals surface area contributed by atoms with Crippen molar-refractivity contribution in [1.29, 1.82) is 0 Å². The molecular formula is C14H29IN2OS. The molecule has 114 valence electrons. The molecule has 0 aromatic carbocycles. The summed E-state index contributed by atoms with van der Waals surface area (Å²) in [4.78, 5) is 3.28. The van der Waals surface area contributed by atoms with Gasteiger partial charge in [0.05, 0.1) is 0 Å². The Kier molecular flexibility index (Phi) is 7.50. The molecule has 2 atom stereocenters. The molecular weight excluding hydrogens is 371 g/mol. The Morgan fingerprint density at radius 2 is 2.00 bits per heavy atom. The predicted octanol–water partition coefficient (Wildman–Crippen LogP) is 3.51. The van der Waals surface area contributed by atoms with Crippen molar-refractivity contribution in [3.05, 3.63) is 0 Å². The molecule has 1 aliphatic carbocycles. The van der Waals surface area contributed by atoms with Crippen molar-refractivity contribution in [2.45, 2.75) is 56.1 Å². The van der Waals surface area contributed by atoms with Crippen molar-refractivity contribution in [2.24, 2.45) is 5.92 Å². The molecule has 0 aromatic rings. The summed E-state index contributed by atoms with van der Waals surface area (Å²) in [6.45, 7) is 6.51. The van der Waals surface area contributed by atoms with Crippen LogP contribution in [0.25, 0.3) is 0 Å². The maximum atomic E-state index is 5.68. The number of hydrogen-bond acceptors (Lipinski definition) is 3. The first-order valence-corrected chi connectivity index (χ1v) is 12.2. The number of halogens is 1. The van der Waals surface area contributed by atoms with Gasteiger partial charge in [-0.1, -0.05) is 0 Å². The van der Waals surface area contributed by atoms with E-state index in [1.54, 1.807) is 0 Å². The molecule has 0 aromatic heterocycles. The summed E-state index contributed by atoms with van der Waals surface area (Å²) in [6, 6.07) is 0. The van der Waals surface area contributed by atoms with Crippen LogP contribution in [0.1, 0.15) is 46.5 Å². The van der Waals surface area contributed by atoms with E-state index in [-0.39, 0.29) is 3.55 Å². The Morgan fingerprint density at radius 1 is 1.37 bits per heavy atom. The van der Waals surface area contributed by atoms with Crippen LogP contribution in [0.4, 0.5) is 0 Å². The van der Waals surface area contributed by atoms with E-state index in [1.165, 1.54) is 30.1 Å². The van der Waals surface area contributed by atoms with Gasteiger partial charge in [-0.05, 0) is 0 Å². The summed E-state index contributed by atoms with van der Waals surface area (Å²) < 4.78 is 7.23. The van der Waals surface area contributed by atoms with Gasteiger partial charge in [0.15, 0.2) is 0 Å². The molecule has 0 amide bonds. The molecule has 1 rings (SSSR count). The standard InChI is InChI=1S/C14H29IN2OS/c1-11(19)16-17-14(2,3)15(4)10-12-8-6-7-9-13(12)18-5/h12-13,17H,6-10H2,1-5H3,(H,16,19). The van der Waals surface area contributed by atoms with Crippen LogP contribution in [0.3, 0.4) is 0 Å². The number of hydrazine groups is 1. The van der Waals surface area contributed by atoms with Gasteiger partial charge in [0.25, 0.3) is 0 Å². The Morgan fingerprint density at radius 3 is 2.58 bits per heavy atom. The van der Waals surface area contributed by atoms with Gasteiger partial charge >= 0.3 is 131 Å². The average Bonchev–Trinajstić information content (AvgIpc) is 2.37. The molecule has 0 bridgehead atoms. The van der Waals surface area contributed by atoms with Crippen molar-refractivity contribution in [2.75, 3.05) is 16.5 Å². The molecule has 1 aliphatic rings. The molecule has 0 radical (unpaired) electrons. The average molecular weight is 400 g/mol. The summed E-state index contributed by atoms with van der Waals surface area (Å²) >= 11 is 3.98. The van der Waals surface area contributed by atoms with E-state index in [4.69, 9.17) is 17.0 Å². The first-order valence-electron chi connectivity index (χ1n) is 6.99. The molecule has 0 heterocycles. The summed E-state index contributed by atoms with van der Waals surface area (Å²) in [6.07, 6.45) is 5.79. The molecule has 3 nitrogen and oxygen atoms in total. The molecule has 2 N–H and O–H groups in total. The molecule has 0 aliphatic heterocycles. The number of nitrogens with one attached hydrogen (secondary N) is 2. The van der Waals surface area contributed by atoms with Gasteiger partial charge in [-0.2, -0.15) is 0 Å². The second-order valence-electron chi connectivity index (χ2n) is 5.84. The fourth-order valence-corrected chi connectivity index (χ4v) is 6.92. The van der Waals surface area contributed by atoms with Crippen LogP contribution in [0.5, 0.6) is 0 Å². The maximum absolute atomic E-state index is 5.68. The molecule has 2 unspecified atom stereocenters. The third-order valence-electron chi connectivity index (χ3n) is 3.91. The normalized spacial score (nSPS) is 25.0. The van der Waals surface area contributed by atoms with E-state index in [2.05, 4.69) is 29.6 Å². The van der Waals surface area contributed by atoms with Crippen molar-refractivity contribution < 1.29 is 4.74 Å². The summed E-state index contributed by atoms with van der Waals surface area (Å²) in [7, 11) is 1.87. The van der Waals surface area contributed by atoms with Crippen LogP contribution in [0, 0.1) is 5.92 Å². The Balaban J connectivity index is 2.51. The number of alkyl halides is 3. The predicted molar refractivity (Wildman–Crippen MR) is 96.2 cm³/mol. The van der Waals surface area contributed by atoms with Crippen molar-refractivity contribution in [3.63, 3.8) is 0 Å². The van der Waals surface area contributed by atoms with Crippen LogP contribution in [-0.2, 0) is 4.74 Å². The molecule has 5 heteroatoms. The van der Waals surface area contributed by atoms with Gasteiger partial charge in [0.2, 0.25) is 0 Å². The van der Waals surface area contributed by atoms with E-state index >= 15 is 0 Å². The van der Waals surface area contributed by atoms with E-state index in [1.807, 2.05) is 14.0 Å². The van der Waals surface area contributed by atoms with Crippen LogP contribution in [0.2, 0.25) is 0 Å². The van der Waals surface area contributed by atoms with Gasteiger partial charge in [-0.3, -0.25) is 0 Å². The zero-order valence-electron chi connectivity index (χ0n) is 12.9. The molecule has 1 fully saturated rings. The number of ether oxygens (including phenoxy) is 1. The minimum absolute atomic E-state index is 0.180. The van der Waals surface area contributed by atoms with Crippen LogP contribution >= 0.6 is 32.0 Å². The first kappa shape index (κ1) is 17.6. The van der Waals surface area contributed by atoms with Gasteiger partial charge in [0.1, 0.15) is 0 Å². The number of methoxy groups -OCH3 is 1. The second kappa shape index (κ2) is 8.10. The van der Waals surface area contributed by atoms with Crippen molar-refractivity contribution in [1.82, 2.24) is 10.9 Å². The topological polar surface area (TPSA) is 33.3 Å². The van der Waals surface area contributed by atoms with Gasteiger partial charge in [0, 0.05) is 0 Å². The third kappa shape index (κ3) is 5.81. The summed E-state index contributed by atoms with van der Waals surface area (Å²) in [5.74, 6) is 0.767. The number of hydrogen-bond donors (Lipinski definition) is 2. The number of rotatable bonds is 6. The van der Waals surface area contributed by atoms with Crippen LogP contribution in [0.15, 0.2) is 0 Å². The molecule has 19 heavy (non-hydrogen) atoms. The SMILES string of the molecule is COC1CCCCC1CI(C)C(C)(C)NNC(C)=S. The van der Waals surface area contributed by atoms with E-state index in [0.29, 0.717) is 6.10 Å². The fourth-order valence-electron chi connectivity index (χ4n) is 2.47. The fraction of sp³-hybridized carbons (Fsp3) is 0.929. The Labute approximate surface area is 131 Å². The second-order valence-corrected chi connectivity index (χ2v) is 13.4. The van der Waals surface area contributed by atoms with Crippen LogP contribution in [-0.4, -0.2) is 31.1 Å². The van der Waals surface area contributed by atoms with E-state index in [0.717, 1.165) is 10.9 Å². The molecule has 0 saturated heterocycles. The first-order chi connectivity index (χ1) is 8.86. The zero-order chi connectivity index (χ0) is 14.5. The van der Waals surface area contributed by atoms with Gasteiger partial charge in [-0.25, -0.2) is 0 Å². The molecule has 0 spiro atoms. The van der Waals surface area contributed by atoms with Crippen molar-refractivity contribution in [3.8, 4) is 0 Å². The Hall–Kier alpha value is 0.540. The van der Waals surface area contributed by atoms with Crippen LogP contribution < -0.4 is 10.9 Å². The minimum atomic E-state index is -1.10. The van der Waals surface area contributed by atoms with Crippen molar-refractivity contribution >= 4 is 37.0 Å². The Bertz CT molecular complexity index is 299. The monoisotopic (exact) mass is 400 g/mol.